The Labute approximate surface area is 149 Å². The highest BCUT2D eigenvalue weighted by molar-refractivity contribution is 5.91. The third-order valence-electron chi connectivity index (χ3n) is 4.90. The third kappa shape index (κ3) is 4.42. The Morgan fingerprint density at radius 1 is 1.28 bits per heavy atom. The smallest absolute Gasteiger partial charge is 0.289 e. The molecule has 1 fully saturated rings. The molecule has 0 aliphatic carbocycles. The number of likely N-dealkylation sites (tertiary alicyclic amines) is 1. The molecule has 0 spiro atoms. The molecule has 1 aromatic heterocycles. The zero-order valence-electron chi connectivity index (χ0n) is 15.0. The third-order valence-corrected chi connectivity index (χ3v) is 4.90. The Hall–Kier alpha value is -2.27. The molecule has 2 aromatic rings. The summed E-state index contributed by atoms with van der Waals surface area (Å²) in [4.78, 5) is 16.9. The second-order valence-electron chi connectivity index (χ2n) is 6.59. The summed E-state index contributed by atoms with van der Waals surface area (Å²) in [6.07, 6.45) is 3.16. The Kier molecular flexibility index (Phi) is 5.76. The van der Waals surface area contributed by atoms with Crippen molar-refractivity contribution in [3.8, 4) is 5.95 Å². The number of hydrogen-bond donors (Lipinski definition) is 0. The van der Waals surface area contributed by atoms with E-state index in [1.54, 1.807) is 12.1 Å². The van der Waals surface area contributed by atoms with Crippen molar-refractivity contribution >= 4 is 5.91 Å². The van der Waals surface area contributed by atoms with Crippen LogP contribution in [0.15, 0.2) is 46.9 Å². The van der Waals surface area contributed by atoms with Crippen molar-refractivity contribution in [3.63, 3.8) is 0 Å². The van der Waals surface area contributed by atoms with Crippen molar-refractivity contribution < 1.29 is 13.9 Å². The molecule has 1 aromatic carbocycles. The zero-order valence-corrected chi connectivity index (χ0v) is 15.0. The molecule has 5 nitrogen and oxygen atoms in total. The average Bonchev–Trinajstić information content (AvgIpc) is 3.15. The molecule has 1 aliphatic rings. The monoisotopic (exact) mass is 342 g/mol. The summed E-state index contributed by atoms with van der Waals surface area (Å²) in [6, 6.07) is 14.3. The molecular formula is C20H26N2O3. The predicted octanol–water partition coefficient (Wildman–Crippen LogP) is 3.07. The number of likely N-dealkylation sites (N-methyl/N-ethyl adjacent to an activating group) is 1. The van der Waals surface area contributed by atoms with E-state index in [1.165, 1.54) is 12.7 Å². The van der Waals surface area contributed by atoms with Gasteiger partial charge in [0.15, 0.2) is 5.76 Å². The van der Waals surface area contributed by atoms with Gasteiger partial charge in [0.25, 0.3) is 11.9 Å². The number of benzene rings is 1. The molecule has 0 saturated carbocycles. The van der Waals surface area contributed by atoms with Crippen LogP contribution in [0.1, 0.15) is 29.0 Å². The fraction of sp³-hybridized carbons (Fsp3) is 0.450. The Morgan fingerprint density at radius 2 is 2.08 bits per heavy atom. The van der Waals surface area contributed by atoms with Gasteiger partial charge in [0.05, 0.1) is 7.11 Å². The van der Waals surface area contributed by atoms with Gasteiger partial charge in [0, 0.05) is 31.7 Å². The number of ether oxygens (including phenoxy) is 1. The molecule has 134 valence electrons. The van der Waals surface area contributed by atoms with E-state index in [4.69, 9.17) is 9.15 Å². The van der Waals surface area contributed by atoms with Gasteiger partial charge in [-0.15, -0.1) is 0 Å². The molecule has 0 N–H and O–H groups in total. The van der Waals surface area contributed by atoms with Crippen LogP contribution in [0, 0.1) is 0 Å². The Morgan fingerprint density at radius 3 is 2.80 bits per heavy atom. The largest absolute Gasteiger partial charge is 0.468 e. The van der Waals surface area contributed by atoms with Crippen LogP contribution in [0.5, 0.6) is 5.95 Å². The van der Waals surface area contributed by atoms with E-state index in [0.717, 1.165) is 38.9 Å². The molecule has 1 aliphatic heterocycles. The van der Waals surface area contributed by atoms with Crippen molar-refractivity contribution in [1.82, 2.24) is 9.80 Å². The van der Waals surface area contributed by atoms with E-state index in [2.05, 4.69) is 36.2 Å². The van der Waals surface area contributed by atoms with Crippen molar-refractivity contribution in [3.05, 3.63) is 53.8 Å². The summed E-state index contributed by atoms with van der Waals surface area (Å²) in [6.45, 7) is 2.52. The number of hydrogen-bond acceptors (Lipinski definition) is 4. The first-order valence-electron chi connectivity index (χ1n) is 8.84. The van der Waals surface area contributed by atoms with Gasteiger partial charge in [0.1, 0.15) is 0 Å². The fourth-order valence-corrected chi connectivity index (χ4v) is 3.33. The van der Waals surface area contributed by atoms with Crippen LogP contribution >= 0.6 is 0 Å². The van der Waals surface area contributed by atoms with Crippen LogP contribution in [0.2, 0.25) is 0 Å². The lowest BCUT2D eigenvalue weighted by Gasteiger charge is -2.37. The van der Waals surface area contributed by atoms with Crippen LogP contribution in [-0.4, -0.2) is 55.5 Å². The van der Waals surface area contributed by atoms with Gasteiger partial charge < -0.3 is 19.0 Å². The topological polar surface area (TPSA) is 45.9 Å². The molecule has 0 bridgehead atoms. The molecule has 5 heteroatoms. The molecule has 0 radical (unpaired) electrons. The molecule has 3 rings (SSSR count). The van der Waals surface area contributed by atoms with Gasteiger partial charge in [0.2, 0.25) is 0 Å². The zero-order chi connectivity index (χ0) is 17.6. The van der Waals surface area contributed by atoms with Crippen LogP contribution in [0.25, 0.3) is 0 Å². The van der Waals surface area contributed by atoms with Crippen LogP contribution in [0.3, 0.4) is 0 Å². The average molecular weight is 342 g/mol. The lowest BCUT2D eigenvalue weighted by Crippen LogP contribution is -2.49. The van der Waals surface area contributed by atoms with Crippen LogP contribution in [-0.2, 0) is 6.42 Å². The number of piperidine rings is 1. The Balaban J connectivity index is 1.55. The van der Waals surface area contributed by atoms with Gasteiger partial charge in [-0.2, -0.15) is 0 Å². The summed E-state index contributed by atoms with van der Waals surface area (Å²) in [7, 11) is 3.68. The number of nitrogens with zero attached hydrogens (tertiary/aromatic N) is 2. The second kappa shape index (κ2) is 8.21. The van der Waals surface area contributed by atoms with Crippen LogP contribution < -0.4 is 4.74 Å². The van der Waals surface area contributed by atoms with Gasteiger partial charge in [-0.1, -0.05) is 30.3 Å². The molecule has 25 heavy (non-hydrogen) atoms. The summed E-state index contributed by atoms with van der Waals surface area (Å²) < 4.78 is 10.4. The molecule has 1 amide bonds. The van der Waals surface area contributed by atoms with E-state index < -0.39 is 0 Å². The van der Waals surface area contributed by atoms with Crippen molar-refractivity contribution in [2.24, 2.45) is 0 Å². The number of methoxy groups -OCH3 is 1. The lowest BCUT2D eigenvalue weighted by atomic mass is 10.0. The highest BCUT2D eigenvalue weighted by atomic mass is 16.6. The minimum atomic E-state index is -0.0514. The Bertz CT molecular complexity index is 683. The van der Waals surface area contributed by atoms with Crippen LogP contribution in [0.4, 0.5) is 0 Å². The first-order valence-corrected chi connectivity index (χ1v) is 8.84. The number of carbonyl (C=O) groups excluding carboxylic acids is 1. The van der Waals surface area contributed by atoms with E-state index in [9.17, 15) is 4.79 Å². The number of amides is 1. The van der Waals surface area contributed by atoms with E-state index in [0.29, 0.717) is 17.7 Å². The summed E-state index contributed by atoms with van der Waals surface area (Å²) in [5.41, 5.74) is 1.35. The van der Waals surface area contributed by atoms with Gasteiger partial charge in [-0.3, -0.25) is 4.79 Å². The van der Waals surface area contributed by atoms with E-state index in [1.807, 2.05) is 11.0 Å². The first kappa shape index (κ1) is 17.5. The van der Waals surface area contributed by atoms with Gasteiger partial charge in [-0.05, 0) is 37.9 Å². The predicted molar refractivity (Wildman–Crippen MR) is 97.0 cm³/mol. The van der Waals surface area contributed by atoms with Crippen molar-refractivity contribution in [2.75, 3.05) is 33.8 Å². The molecule has 1 unspecified atom stereocenters. The highest BCUT2D eigenvalue weighted by Gasteiger charge is 2.28. The SMILES string of the molecule is COc1ccc(C(=O)N2CCCC(N(C)CCc3ccccc3)C2)o1. The number of furan rings is 1. The highest BCUT2D eigenvalue weighted by Crippen LogP contribution is 2.21. The maximum absolute atomic E-state index is 12.6. The quantitative estimate of drug-likeness (QED) is 0.809. The summed E-state index contributed by atoms with van der Waals surface area (Å²) in [5.74, 6) is 0.672. The number of rotatable bonds is 6. The van der Waals surface area contributed by atoms with E-state index >= 15 is 0 Å². The fourth-order valence-electron chi connectivity index (χ4n) is 3.33. The lowest BCUT2D eigenvalue weighted by molar-refractivity contribution is 0.0576. The first-order chi connectivity index (χ1) is 12.2. The molecule has 2 heterocycles. The molecule has 1 saturated heterocycles. The second-order valence-corrected chi connectivity index (χ2v) is 6.59. The van der Waals surface area contributed by atoms with Gasteiger partial charge >= 0.3 is 0 Å². The minimum Gasteiger partial charge on any atom is -0.468 e. The summed E-state index contributed by atoms with van der Waals surface area (Å²) >= 11 is 0. The maximum atomic E-state index is 12.6. The van der Waals surface area contributed by atoms with Crippen molar-refractivity contribution in [1.29, 1.82) is 0 Å². The molecular weight excluding hydrogens is 316 g/mol. The molecule has 1 atom stereocenters. The van der Waals surface area contributed by atoms with Crippen molar-refractivity contribution in [2.45, 2.75) is 25.3 Å². The standard InChI is InChI=1S/C20H26N2O3/c1-21(14-12-16-7-4-3-5-8-16)17-9-6-13-22(15-17)20(23)18-10-11-19(24-2)25-18/h3-5,7-8,10-11,17H,6,9,12-15H2,1-2H3. The normalized spacial score (nSPS) is 17.7. The van der Waals surface area contributed by atoms with E-state index in [-0.39, 0.29) is 5.91 Å². The van der Waals surface area contributed by atoms with Gasteiger partial charge in [-0.25, -0.2) is 0 Å². The number of carbonyl (C=O) groups is 1. The minimum absolute atomic E-state index is 0.0514. The summed E-state index contributed by atoms with van der Waals surface area (Å²) in [5, 5.41) is 0. The maximum Gasteiger partial charge on any atom is 0.289 e.